The standard InChI is InChI=1S/C22H15N5O2S/c1-13-17-18-19(30-21(17)24-20(23-13)15-10-6-3-7-11-15)22(29)27(26-25-18)12-16(28)14-8-4-2-5-9-14/h2-11H,12H2,1H3. The van der Waals surface area contributed by atoms with Crippen molar-refractivity contribution >= 4 is 37.6 Å². The molecule has 0 radical (unpaired) electrons. The third-order valence-corrected chi connectivity index (χ3v) is 5.87. The smallest absolute Gasteiger partial charge is 0.288 e. The van der Waals surface area contributed by atoms with Gasteiger partial charge in [0, 0.05) is 11.1 Å². The lowest BCUT2D eigenvalue weighted by Gasteiger charge is -2.03. The Labute approximate surface area is 174 Å². The van der Waals surface area contributed by atoms with Gasteiger partial charge in [-0.2, -0.15) is 0 Å². The van der Waals surface area contributed by atoms with Gasteiger partial charge in [0.2, 0.25) is 0 Å². The van der Waals surface area contributed by atoms with Crippen molar-refractivity contribution < 1.29 is 4.79 Å². The van der Waals surface area contributed by atoms with Gasteiger partial charge in [-0.3, -0.25) is 9.59 Å². The molecule has 0 aliphatic heterocycles. The molecule has 3 aromatic heterocycles. The van der Waals surface area contributed by atoms with Crippen molar-refractivity contribution in [2.75, 3.05) is 0 Å². The zero-order chi connectivity index (χ0) is 20.7. The van der Waals surface area contributed by atoms with Crippen LogP contribution in [0.2, 0.25) is 0 Å². The Morgan fingerprint density at radius 3 is 2.43 bits per heavy atom. The number of thiophene rings is 1. The molecular weight excluding hydrogens is 398 g/mol. The molecular formula is C22H15N5O2S. The van der Waals surface area contributed by atoms with Crippen LogP contribution >= 0.6 is 11.3 Å². The second kappa shape index (κ2) is 7.23. The van der Waals surface area contributed by atoms with Crippen LogP contribution in [0.25, 0.3) is 31.8 Å². The van der Waals surface area contributed by atoms with Crippen molar-refractivity contribution in [1.29, 1.82) is 0 Å². The summed E-state index contributed by atoms with van der Waals surface area (Å²) in [7, 11) is 0. The lowest BCUT2D eigenvalue weighted by molar-refractivity contribution is 0.0964. The average Bonchev–Trinajstić information content (AvgIpc) is 3.17. The van der Waals surface area contributed by atoms with Gasteiger partial charge in [0.15, 0.2) is 11.6 Å². The van der Waals surface area contributed by atoms with Gasteiger partial charge in [0.1, 0.15) is 21.6 Å². The van der Waals surface area contributed by atoms with Crippen LogP contribution in [0, 0.1) is 6.92 Å². The number of Topliss-reactive ketones (excluding diaryl/α,β-unsaturated/α-hetero) is 1. The molecule has 0 spiro atoms. The molecule has 0 aliphatic rings. The van der Waals surface area contributed by atoms with Gasteiger partial charge in [0.25, 0.3) is 5.56 Å². The molecule has 2 aromatic carbocycles. The van der Waals surface area contributed by atoms with E-state index >= 15 is 0 Å². The van der Waals surface area contributed by atoms with Crippen LogP contribution in [0.3, 0.4) is 0 Å². The minimum atomic E-state index is -0.354. The van der Waals surface area contributed by atoms with Crippen LogP contribution in [0.4, 0.5) is 0 Å². The molecule has 0 amide bonds. The molecule has 30 heavy (non-hydrogen) atoms. The average molecular weight is 413 g/mol. The second-order valence-corrected chi connectivity index (χ2v) is 7.80. The highest BCUT2D eigenvalue weighted by atomic mass is 32.1. The molecule has 0 saturated heterocycles. The predicted octanol–water partition coefficient (Wildman–Crippen LogP) is 3.65. The summed E-state index contributed by atoms with van der Waals surface area (Å²) in [6.45, 7) is 1.70. The summed E-state index contributed by atoms with van der Waals surface area (Å²) in [6.07, 6.45) is 0. The summed E-state index contributed by atoms with van der Waals surface area (Å²) in [6, 6.07) is 18.5. The highest BCUT2D eigenvalue weighted by molar-refractivity contribution is 7.25. The molecule has 0 bridgehead atoms. The monoisotopic (exact) mass is 413 g/mol. The molecule has 5 rings (SSSR count). The Morgan fingerprint density at radius 1 is 1.00 bits per heavy atom. The number of ketones is 1. The number of fused-ring (bicyclic) bond motifs is 3. The summed E-state index contributed by atoms with van der Waals surface area (Å²) in [5.41, 5.74) is 2.28. The molecule has 0 aliphatic carbocycles. The molecule has 5 aromatic rings. The summed E-state index contributed by atoms with van der Waals surface area (Å²) < 4.78 is 1.52. The molecule has 0 atom stereocenters. The van der Waals surface area contributed by atoms with Gasteiger partial charge in [-0.05, 0) is 6.92 Å². The van der Waals surface area contributed by atoms with Crippen LogP contribution in [0.5, 0.6) is 0 Å². The normalized spacial score (nSPS) is 11.2. The van der Waals surface area contributed by atoms with E-state index in [1.807, 2.05) is 43.3 Å². The number of carbonyl (C=O) groups is 1. The maximum Gasteiger partial charge on any atom is 0.288 e. The van der Waals surface area contributed by atoms with Crippen LogP contribution in [0.15, 0.2) is 65.5 Å². The van der Waals surface area contributed by atoms with E-state index in [0.717, 1.165) is 21.3 Å². The van der Waals surface area contributed by atoms with Gasteiger partial charge in [-0.1, -0.05) is 65.9 Å². The summed E-state index contributed by atoms with van der Waals surface area (Å²) in [5.74, 6) is 0.398. The van der Waals surface area contributed by atoms with Crippen molar-refractivity contribution in [1.82, 2.24) is 25.0 Å². The number of aromatic nitrogens is 5. The van der Waals surface area contributed by atoms with Crippen molar-refractivity contribution in [2.45, 2.75) is 13.5 Å². The second-order valence-electron chi connectivity index (χ2n) is 6.80. The van der Waals surface area contributed by atoms with Crippen LogP contribution < -0.4 is 5.56 Å². The number of hydrogen-bond acceptors (Lipinski definition) is 7. The zero-order valence-corrected chi connectivity index (χ0v) is 16.8. The highest BCUT2D eigenvalue weighted by Crippen LogP contribution is 2.32. The van der Waals surface area contributed by atoms with Gasteiger partial charge in [-0.15, -0.1) is 16.4 Å². The van der Waals surface area contributed by atoms with E-state index in [1.54, 1.807) is 24.3 Å². The number of hydrogen-bond donors (Lipinski definition) is 0. The number of benzene rings is 2. The quantitative estimate of drug-likeness (QED) is 0.418. The fourth-order valence-corrected chi connectivity index (χ4v) is 4.42. The number of rotatable bonds is 4. The number of nitrogens with zero attached hydrogens (tertiary/aromatic N) is 5. The van der Waals surface area contributed by atoms with Crippen LogP contribution in [-0.2, 0) is 6.54 Å². The van der Waals surface area contributed by atoms with E-state index in [0.29, 0.717) is 26.4 Å². The molecule has 3 heterocycles. The van der Waals surface area contributed by atoms with E-state index in [2.05, 4.69) is 20.3 Å². The van der Waals surface area contributed by atoms with E-state index in [-0.39, 0.29) is 17.9 Å². The van der Waals surface area contributed by atoms with Gasteiger partial charge in [0.05, 0.1) is 11.1 Å². The first-order chi connectivity index (χ1) is 14.6. The SMILES string of the molecule is Cc1nc(-c2ccccc2)nc2sc3c(=O)n(CC(=O)c4ccccc4)nnc3c12. The molecule has 8 heteroatoms. The summed E-state index contributed by atoms with van der Waals surface area (Å²) in [5, 5.41) is 8.95. The van der Waals surface area contributed by atoms with E-state index in [4.69, 9.17) is 0 Å². The molecule has 146 valence electrons. The molecule has 0 saturated carbocycles. The highest BCUT2D eigenvalue weighted by Gasteiger charge is 2.19. The van der Waals surface area contributed by atoms with Gasteiger partial charge in [-0.25, -0.2) is 14.6 Å². The van der Waals surface area contributed by atoms with Crippen molar-refractivity contribution in [2.24, 2.45) is 0 Å². The predicted molar refractivity (Wildman–Crippen MR) is 116 cm³/mol. The largest absolute Gasteiger partial charge is 0.292 e. The minimum Gasteiger partial charge on any atom is -0.292 e. The lowest BCUT2D eigenvalue weighted by atomic mass is 10.1. The van der Waals surface area contributed by atoms with Crippen molar-refractivity contribution in [3.63, 3.8) is 0 Å². The molecule has 0 N–H and O–H groups in total. The number of carbonyl (C=O) groups excluding carboxylic acids is 1. The fraction of sp³-hybridized carbons (Fsp3) is 0.0909. The number of aryl methyl sites for hydroxylation is 1. The van der Waals surface area contributed by atoms with Crippen LogP contribution in [0.1, 0.15) is 16.1 Å². The first-order valence-electron chi connectivity index (χ1n) is 9.30. The molecule has 0 fully saturated rings. The maximum atomic E-state index is 13.0. The Balaban J connectivity index is 1.61. The van der Waals surface area contributed by atoms with E-state index in [9.17, 15) is 9.59 Å². The van der Waals surface area contributed by atoms with E-state index < -0.39 is 0 Å². The Morgan fingerprint density at radius 2 is 1.70 bits per heavy atom. The third-order valence-electron chi connectivity index (χ3n) is 4.81. The first-order valence-corrected chi connectivity index (χ1v) is 10.1. The topological polar surface area (TPSA) is 90.6 Å². The fourth-order valence-electron chi connectivity index (χ4n) is 3.32. The summed E-state index contributed by atoms with van der Waals surface area (Å²) >= 11 is 1.25. The van der Waals surface area contributed by atoms with Crippen molar-refractivity contribution in [3.05, 3.63) is 82.3 Å². The molecule has 0 unspecified atom stereocenters. The Kier molecular flexibility index (Phi) is 4.40. The van der Waals surface area contributed by atoms with Crippen molar-refractivity contribution in [3.8, 4) is 11.4 Å². The summed E-state index contributed by atoms with van der Waals surface area (Å²) in [4.78, 5) is 35.4. The zero-order valence-electron chi connectivity index (χ0n) is 15.9. The molecule has 7 nitrogen and oxygen atoms in total. The Hall–Kier alpha value is -3.78. The maximum absolute atomic E-state index is 13.0. The minimum absolute atomic E-state index is 0.167. The third kappa shape index (κ3) is 3.07. The van der Waals surface area contributed by atoms with Crippen LogP contribution in [-0.4, -0.2) is 30.7 Å². The lowest BCUT2D eigenvalue weighted by Crippen LogP contribution is -2.27. The first kappa shape index (κ1) is 18.3. The van der Waals surface area contributed by atoms with E-state index in [1.165, 1.54) is 11.3 Å². The Bertz CT molecular complexity index is 1460. The van der Waals surface area contributed by atoms with Gasteiger partial charge < -0.3 is 0 Å². The van der Waals surface area contributed by atoms with Gasteiger partial charge >= 0.3 is 0 Å².